The molecule has 2 aromatic carbocycles. The van der Waals surface area contributed by atoms with Gasteiger partial charge in [0.15, 0.2) is 0 Å². The molecule has 2 bridgehead atoms. The van der Waals surface area contributed by atoms with Gasteiger partial charge < -0.3 is 14.6 Å². The molecule has 5 rings (SSSR count). The summed E-state index contributed by atoms with van der Waals surface area (Å²) in [4.78, 5) is 13.2. The van der Waals surface area contributed by atoms with Crippen molar-refractivity contribution in [3.05, 3.63) is 59.0 Å². The third kappa shape index (κ3) is 3.56. The second kappa shape index (κ2) is 7.40. The van der Waals surface area contributed by atoms with E-state index in [9.17, 15) is 17.6 Å². The maximum atomic E-state index is 13.9. The van der Waals surface area contributed by atoms with Crippen LogP contribution in [-0.2, 0) is 28.0 Å². The molecule has 1 fully saturated rings. The Morgan fingerprint density at radius 1 is 1.18 bits per heavy atom. The second-order valence-electron chi connectivity index (χ2n) is 9.91. The van der Waals surface area contributed by atoms with Crippen LogP contribution >= 0.6 is 0 Å². The normalized spacial score (nSPS) is 20.2. The van der Waals surface area contributed by atoms with E-state index in [-0.39, 0.29) is 21.4 Å². The number of ether oxygens (including phenoxy) is 1. The van der Waals surface area contributed by atoms with Gasteiger partial charge in [-0.1, -0.05) is 6.07 Å². The summed E-state index contributed by atoms with van der Waals surface area (Å²) in [6.45, 7) is 5.24. The maximum Gasteiger partial charge on any atom is 0.340 e. The van der Waals surface area contributed by atoms with Crippen molar-refractivity contribution in [3.63, 3.8) is 0 Å². The maximum absolute atomic E-state index is 13.9. The van der Waals surface area contributed by atoms with Crippen LogP contribution in [0.3, 0.4) is 0 Å². The lowest BCUT2D eigenvalue weighted by Gasteiger charge is -2.24. The number of nitrogens with zero attached hydrogens (tertiary/aromatic N) is 1. The first-order valence-electron chi connectivity index (χ1n) is 11.1. The molecule has 0 saturated carbocycles. The number of carbonyl (C=O) groups excluding carboxylic acids is 1. The van der Waals surface area contributed by atoms with Gasteiger partial charge in [0.05, 0.1) is 15.4 Å². The number of halogens is 1. The zero-order valence-electron chi connectivity index (χ0n) is 19.1. The predicted molar refractivity (Wildman–Crippen MR) is 123 cm³/mol. The number of hydrogen-bond donors (Lipinski definition) is 1. The summed E-state index contributed by atoms with van der Waals surface area (Å²) < 4.78 is 49.0. The Bertz CT molecular complexity index is 1400. The van der Waals surface area contributed by atoms with Gasteiger partial charge in [-0.15, -0.1) is 0 Å². The van der Waals surface area contributed by atoms with Gasteiger partial charge in [-0.25, -0.2) is 17.6 Å². The summed E-state index contributed by atoms with van der Waals surface area (Å²) in [5, 5.41) is 4.21. The van der Waals surface area contributed by atoms with Gasteiger partial charge in [0.25, 0.3) is 0 Å². The van der Waals surface area contributed by atoms with Gasteiger partial charge in [0.2, 0.25) is 9.84 Å². The van der Waals surface area contributed by atoms with Crippen molar-refractivity contribution in [2.75, 3.05) is 0 Å². The lowest BCUT2D eigenvalue weighted by molar-refractivity contribution is 0.00675. The molecule has 8 heteroatoms. The molecule has 1 saturated heterocycles. The Labute approximate surface area is 192 Å². The third-order valence-corrected chi connectivity index (χ3v) is 8.31. The van der Waals surface area contributed by atoms with Gasteiger partial charge in [-0.2, -0.15) is 0 Å². The third-order valence-electron chi connectivity index (χ3n) is 6.52. The quantitative estimate of drug-likeness (QED) is 0.572. The van der Waals surface area contributed by atoms with Crippen molar-refractivity contribution in [3.8, 4) is 0 Å². The van der Waals surface area contributed by atoms with Crippen molar-refractivity contribution in [1.29, 1.82) is 0 Å². The number of hydrogen-bond acceptors (Lipinski definition) is 5. The molecule has 2 aliphatic rings. The largest absolute Gasteiger partial charge is 0.456 e. The Balaban J connectivity index is 1.84. The molecule has 2 atom stereocenters. The van der Waals surface area contributed by atoms with Gasteiger partial charge in [-0.05, 0) is 69.5 Å². The number of aromatic nitrogens is 1. The summed E-state index contributed by atoms with van der Waals surface area (Å²) >= 11 is 0. The average molecular weight is 471 g/mol. The molecule has 1 aromatic heterocycles. The van der Waals surface area contributed by atoms with Crippen LogP contribution in [-0.4, -0.2) is 30.6 Å². The molecular weight excluding hydrogens is 443 g/mol. The van der Waals surface area contributed by atoms with E-state index in [1.54, 1.807) is 26.8 Å². The van der Waals surface area contributed by atoms with Crippen molar-refractivity contribution in [2.24, 2.45) is 7.05 Å². The monoisotopic (exact) mass is 470 g/mol. The van der Waals surface area contributed by atoms with Crippen LogP contribution in [0, 0.1) is 5.82 Å². The Morgan fingerprint density at radius 3 is 2.64 bits per heavy atom. The summed E-state index contributed by atoms with van der Waals surface area (Å²) in [6.07, 6.45) is 2.77. The summed E-state index contributed by atoms with van der Waals surface area (Å²) in [7, 11) is -2.24. The predicted octanol–water partition coefficient (Wildman–Crippen LogP) is 4.45. The number of sulfone groups is 1. The van der Waals surface area contributed by atoms with E-state index in [1.807, 2.05) is 7.05 Å². The standard InChI is InChI=1S/C25H27FN2O4S/c1-25(2,3)32-24(29)23-20(33(30,31)16-7-5-6-14(26)12-16)11-10-18-22(23)21-17-9-8-15(27-17)13-19(21)28(18)4/h5-7,10-12,15,17,27H,8-9,13H2,1-4H3. The molecule has 3 heterocycles. The number of fused-ring (bicyclic) bond motifs is 6. The topological polar surface area (TPSA) is 77.4 Å². The van der Waals surface area contributed by atoms with E-state index >= 15 is 0 Å². The number of carbonyl (C=O) groups is 1. The highest BCUT2D eigenvalue weighted by atomic mass is 32.2. The highest BCUT2D eigenvalue weighted by Crippen LogP contribution is 2.44. The van der Waals surface area contributed by atoms with Crippen molar-refractivity contribution < 1.29 is 22.3 Å². The molecule has 0 spiro atoms. The molecule has 174 valence electrons. The molecule has 2 aliphatic heterocycles. The van der Waals surface area contributed by atoms with Crippen LogP contribution in [0.25, 0.3) is 10.9 Å². The summed E-state index contributed by atoms with van der Waals surface area (Å²) in [6, 6.07) is 8.46. The van der Waals surface area contributed by atoms with E-state index in [0.717, 1.165) is 42.1 Å². The Kier molecular flexibility index (Phi) is 4.95. The molecule has 1 N–H and O–H groups in total. The molecule has 6 nitrogen and oxygen atoms in total. The summed E-state index contributed by atoms with van der Waals surface area (Å²) in [5.74, 6) is -1.36. The minimum absolute atomic E-state index is 0.0238. The second-order valence-corrected chi connectivity index (χ2v) is 11.8. The zero-order chi connectivity index (χ0) is 23.7. The van der Waals surface area contributed by atoms with Gasteiger partial charge >= 0.3 is 5.97 Å². The van der Waals surface area contributed by atoms with E-state index < -0.39 is 27.2 Å². The SMILES string of the molecule is Cn1c2c(c3c(C(=O)OC(C)(C)C)c(S(=O)(=O)c4cccc(F)c4)ccc31)C1CCC(C2)N1. The molecule has 0 amide bonds. The van der Waals surface area contributed by atoms with Crippen molar-refractivity contribution >= 4 is 26.7 Å². The molecular formula is C25H27FN2O4S. The first kappa shape index (κ1) is 22.1. The zero-order valence-corrected chi connectivity index (χ0v) is 19.9. The number of esters is 1. The Morgan fingerprint density at radius 2 is 1.94 bits per heavy atom. The fourth-order valence-corrected chi connectivity index (χ4v) is 6.66. The average Bonchev–Trinajstić information content (AvgIpc) is 3.25. The van der Waals surface area contributed by atoms with Crippen LogP contribution in [0.5, 0.6) is 0 Å². The molecule has 2 unspecified atom stereocenters. The number of aryl methyl sites for hydroxylation is 1. The van der Waals surface area contributed by atoms with Crippen LogP contribution in [0.15, 0.2) is 46.2 Å². The number of nitrogens with one attached hydrogen (secondary N) is 1. The number of benzene rings is 2. The molecule has 33 heavy (non-hydrogen) atoms. The van der Waals surface area contributed by atoms with Crippen molar-refractivity contribution in [1.82, 2.24) is 9.88 Å². The smallest absolute Gasteiger partial charge is 0.340 e. The Hall–Kier alpha value is -2.71. The van der Waals surface area contributed by atoms with E-state index in [2.05, 4.69) is 9.88 Å². The lowest BCUT2D eigenvalue weighted by atomic mass is 9.96. The van der Waals surface area contributed by atoms with Crippen LogP contribution in [0.1, 0.15) is 61.3 Å². The van der Waals surface area contributed by atoms with Crippen LogP contribution in [0.2, 0.25) is 0 Å². The van der Waals surface area contributed by atoms with Crippen LogP contribution in [0.4, 0.5) is 4.39 Å². The fraction of sp³-hybridized carbons (Fsp3) is 0.400. The highest BCUT2D eigenvalue weighted by Gasteiger charge is 2.39. The van der Waals surface area contributed by atoms with Crippen molar-refractivity contribution in [2.45, 2.75) is 67.5 Å². The number of rotatable bonds is 3. The summed E-state index contributed by atoms with van der Waals surface area (Å²) in [5.41, 5.74) is 2.08. The van der Waals surface area contributed by atoms with E-state index in [1.165, 1.54) is 24.3 Å². The highest BCUT2D eigenvalue weighted by molar-refractivity contribution is 7.91. The van der Waals surface area contributed by atoms with E-state index in [4.69, 9.17) is 4.74 Å². The molecule has 3 aromatic rings. The first-order valence-corrected chi connectivity index (χ1v) is 12.6. The minimum atomic E-state index is -4.19. The van der Waals surface area contributed by atoms with Crippen LogP contribution < -0.4 is 5.32 Å². The molecule has 0 radical (unpaired) electrons. The van der Waals surface area contributed by atoms with Gasteiger partial charge in [-0.3, -0.25) is 0 Å². The lowest BCUT2D eigenvalue weighted by Crippen LogP contribution is -2.32. The fourth-order valence-electron chi connectivity index (χ4n) is 5.18. The first-order chi connectivity index (χ1) is 15.5. The van der Waals surface area contributed by atoms with Gasteiger partial charge in [0, 0.05) is 42.1 Å². The van der Waals surface area contributed by atoms with E-state index in [0.29, 0.717) is 11.4 Å². The van der Waals surface area contributed by atoms with Gasteiger partial charge in [0.1, 0.15) is 11.4 Å². The molecule has 0 aliphatic carbocycles. The minimum Gasteiger partial charge on any atom is -0.456 e.